The summed E-state index contributed by atoms with van der Waals surface area (Å²) in [4.78, 5) is 41.4. The number of ether oxygens (including phenoxy) is 1. The third-order valence-corrected chi connectivity index (χ3v) is 7.58. The highest BCUT2D eigenvalue weighted by Gasteiger charge is 2.62. The van der Waals surface area contributed by atoms with E-state index in [0.717, 1.165) is 36.0 Å². The number of rotatable bonds is 5. The molecule has 3 fully saturated rings. The van der Waals surface area contributed by atoms with Crippen LogP contribution in [0.25, 0.3) is 0 Å². The molecule has 160 valence electrons. The predicted molar refractivity (Wildman–Crippen MR) is 115 cm³/mol. The number of imide groups is 1. The van der Waals surface area contributed by atoms with Crippen molar-refractivity contribution in [2.24, 2.45) is 23.7 Å². The van der Waals surface area contributed by atoms with E-state index >= 15 is 0 Å². The van der Waals surface area contributed by atoms with Crippen molar-refractivity contribution in [1.82, 2.24) is 4.90 Å². The van der Waals surface area contributed by atoms with Gasteiger partial charge >= 0.3 is 5.97 Å². The molecule has 31 heavy (non-hydrogen) atoms. The second-order valence-corrected chi connectivity index (χ2v) is 9.26. The van der Waals surface area contributed by atoms with Crippen LogP contribution in [0.1, 0.15) is 36.0 Å². The van der Waals surface area contributed by atoms with E-state index in [4.69, 9.17) is 4.74 Å². The highest BCUT2D eigenvalue weighted by Crippen LogP contribution is 2.56. The number of esters is 1. The minimum atomic E-state index is -0.952. The molecule has 2 bridgehead atoms. The first-order valence-electron chi connectivity index (χ1n) is 11.1. The van der Waals surface area contributed by atoms with Gasteiger partial charge in [-0.15, -0.1) is 0 Å². The molecule has 3 aliphatic rings. The van der Waals surface area contributed by atoms with Gasteiger partial charge in [0.15, 0.2) is 0 Å². The number of aryl methyl sites for hydroxylation is 1. The van der Waals surface area contributed by atoms with Crippen molar-refractivity contribution in [3.63, 3.8) is 0 Å². The van der Waals surface area contributed by atoms with Crippen LogP contribution in [-0.4, -0.2) is 28.7 Å². The number of hydrogen-bond donors (Lipinski definition) is 0. The quantitative estimate of drug-likeness (QED) is 0.421. The lowest BCUT2D eigenvalue weighted by atomic mass is 9.81. The lowest BCUT2D eigenvalue weighted by molar-refractivity contribution is -0.154. The molecule has 1 saturated heterocycles. The first-order valence-corrected chi connectivity index (χ1v) is 11.1. The van der Waals surface area contributed by atoms with Gasteiger partial charge in [-0.1, -0.05) is 42.5 Å². The molecule has 0 aromatic heterocycles. The molecule has 2 aromatic rings. The molecular weight excluding hydrogens is 390 g/mol. The van der Waals surface area contributed by atoms with Crippen LogP contribution in [0.2, 0.25) is 0 Å². The zero-order chi connectivity index (χ0) is 21.7. The van der Waals surface area contributed by atoms with Crippen molar-refractivity contribution in [2.45, 2.75) is 45.6 Å². The van der Waals surface area contributed by atoms with Crippen molar-refractivity contribution in [3.05, 3.63) is 65.2 Å². The van der Waals surface area contributed by atoms with Crippen LogP contribution >= 0.6 is 0 Å². The Kier molecular flexibility index (Phi) is 4.92. The molecule has 0 N–H and O–H groups in total. The molecule has 5 rings (SSSR count). The summed E-state index contributed by atoms with van der Waals surface area (Å²) in [6.07, 6.45) is 3.25. The van der Waals surface area contributed by atoms with Crippen LogP contribution in [0.3, 0.4) is 0 Å². The topological polar surface area (TPSA) is 63.7 Å². The summed E-state index contributed by atoms with van der Waals surface area (Å²) >= 11 is 0. The fraction of sp³-hybridized carbons (Fsp3) is 0.423. The third kappa shape index (κ3) is 3.27. The summed E-state index contributed by atoms with van der Waals surface area (Å²) in [7, 11) is 0. The van der Waals surface area contributed by atoms with Gasteiger partial charge in [0.05, 0.1) is 11.8 Å². The summed E-state index contributed by atoms with van der Waals surface area (Å²) in [5.41, 5.74) is 2.79. The van der Waals surface area contributed by atoms with Gasteiger partial charge in [-0.3, -0.25) is 14.5 Å². The van der Waals surface area contributed by atoms with E-state index in [9.17, 15) is 14.4 Å². The number of likely N-dealkylation sites (tertiary alicyclic amines) is 1. The van der Waals surface area contributed by atoms with E-state index in [2.05, 4.69) is 0 Å². The van der Waals surface area contributed by atoms with Crippen LogP contribution in [0.15, 0.2) is 48.5 Å². The molecule has 2 amide bonds. The molecule has 5 heteroatoms. The fourth-order valence-electron chi connectivity index (χ4n) is 5.87. The molecule has 2 aliphatic carbocycles. The minimum absolute atomic E-state index is 0.180. The van der Waals surface area contributed by atoms with Crippen molar-refractivity contribution in [2.75, 3.05) is 0 Å². The number of nitrogens with zero attached hydrogens (tertiary/aromatic N) is 1. The van der Waals surface area contributed by atoms with Gasteiger partial charge in [-0.2, -0.15) is 0 Å². The molecule has 1 heterocycles. The second kappa shape index (κ2) is 7.63. The van der Waals surface area contributed by atoms with Gasteiger partial charge in [0.25, 0.3) is 0 Å². The first-order chi connectivity index (χ1) is 15.0. The summed E-state index contributed by atoms with van der Waals surface area (Å²) in [5.74, 6) is -0.375. The molecule has 5 nitrogen and oxygen atoms in total. The molecule has 2 aromatic carbocycles. The van der Waals surface area contributed by atoms with Crippen LogP contribution < -0.4 is 4.74 Å². The largest absolute Gasteiger partial charge is 0.425 e. The number of carbonyl (C=O) groups is 3. The minimum Gasteiger partial charge on any atom is -0.425 e. The molecule has 0 spiro atoms. The van der Waals surface area contributed by atoms with Gasteiger partial charge in [-0.05, 0) is 67.7 Å². The van der Waals surface area contributed by atoms with Gasteiger partial charge < -0.3 is 4.74 Å². The Bertz CT molecular complexity index is 1020. The molecular formula is C26H27NO4. The van der Waals surface area contributed by atoms with Crippen LogP contribution in [-0.2, 0) is 20.8 Å². The molecule has 1 aliphatic heterocycles. The third-order valence-electron chi connectivity index (χ3n) is 7.58. The van der Waals surface area contributed by atoms with Crippen molar-refractivity contribution < 1.29 is 19.1 Å². The molecule has 0 unspecified atom stereocenters. The average molecular weight is 418 g/mol. The summed E-state index contributed by atoms with van der Waals surface area (Å²) < 4.78 is 5.78. The lowest BCUT2D eigenvalue weighted by Gasteiger charge is -2.26. The molecule has 5 atom stereocenters. The number of carbonyl (C=O) groups excluding carboxylic acids is 3. The van der Waals surface area contributed by atoms with Crippen molar-refractivity contribution >= 4 is 17.8 Å². The van der Waals surface area contributed by atoms with Crippen molar-refractivity contribution in [3.8, 4) is 5.75 Å². The lowest BCUT2D eigenvalue weighted by Crippen LogP contribution is -2.49. The van der Waals surface area contributed by atoms with Crippen LogP contribution in [0.4, 0.5) is 0 Å². The van der Waals surface area contributed by atoms with Gasteiger partial charge in [0.1, 0.15) is 11.8 Å². The van der Waals surface area contributed by atoms with E-state index in [1.165, 1.54) is 4.90 Å². The van der Waals surface area contributed by atoms with Crippen LogP contribution in [0, 0.1) is 37.5 Å². The average Bonchev–Trinajstić information content (AvgIpc) is 3.45. The van der Waals surface area contributed by atoms with Gasteiger partial charge in [0, 0.05) is 6.42 Å². The maximum atomic E-state index is 13.4. The normalized spacial score (nSPS) is 27.5. The second-order valence-electron chi connectivity index (χ2n) is 9.26. The Hall–Kier alpha value is -2.95. The van der Waals surface area contributed by atoms with E-state index in [-0.39, 0.29) is 41.9 Å². The van der Waals surface area contributed by atoms with Gasteiger partial charge in [-0.25, -0.2) is 4.79 Å². The van der Waals surface area contributed by atoms with Gasteiger partial charge in [0.2, 0.25) is 11.8 Å². The number of fused-ring (bicyclic) bond motifs is 5. The van der Waals surface area contributed by atoms with Crippen molar-refractivity contribution in [1.29, 1.82) is 0 Å². The van der Waals surface area contributed by atoms with E-state index in [1.807, 2.05) is 56.3 Å². The smallest absolute Gasteiger partial charge is 0.335 e. The molecule has 0 radical (unpaired) electrons. The first kappa shape index (κ1) is 20.0. The zero-order valence-electron chi connectivity index (χ0n) is 17.9. The Morgan fingerprint density at radius 2 is 1.61 bits per heavy atom. The van der Waals surface area contributed by atoms with Crippen LogP contribution in [0.5, 0.6) is 5.75 Å². The molecule has 2 saturated carbocycles. The Morgan fingerprint density at radius 1 is 0.968 bits per heavy atom. The number of benzene rings is 2. The summed E-state index contributed by atoms with van der Waals surface area (Å²) in [5, 5.41) is 0. The highest BCUT2D eigenvalue weighted by molar-refractivity contribution is 6.08. The number of hydrogen-bond acceptors (Lipinski definition) is 4. The number of amides is 2. The fourth-order valence-corrected chi connectivity index (χ4v) is 5.87. The standard InChI is InChI=1S/C26H27NO4/c1-15-7-6-10-21(16(15)2)31-26(30)20(13-17-8-4-3-5-9-17)27-24(28)22-18-11-12-19(14-18)23(22)25(27)29/h3-10,18-20,22-23H,11-14H2,1-2H3/t18-,19-,20-,22-,23+/m0/s1. The maximum absolute atomic E-state index is 13.4. The van der Waals surface area contributed by atoms with E-state index in [1.54, 1.807) is 6.07 Å². The SMILES string of the molecule is Cc1cccc(OC(=O)[C@H](Cc2ccccc2)N2C(=O)[C@@H]3[C@H]4CC[C@@H](C4)[C@@H]3C2=O)c1C. The Morgan fingerprint density at radius 3 is 2.26 bits per heavy atom. The zero-order valence-corrected chi connectivity index (χ0v) is 17.9. The van der Waals surface area contributed by atoms with E-state index in [0.29, 0.717) is 5.75 Å². The Balaban J connectivity index is 1.47. The summed E-state index contributed by atoms with van der Waals surface area (Å²) in [6, 6.07) is 14.1. The Labute approximate surface area is 182 Å². The monoisotopic (exact) mass is 417 g/mol. The maximum Gasteiger partial charge on any atom is 0.335 e. The highest BCUT2D eigenvalue weighted by atomic mass is 16.5. The van der Waals surface area contributed by atoms with E-state index < -0.39 is 12.0 Å². The summed E-state index contributed by atoms with van der Waals surface area (Å²) in [6.45, 7) is 3.86. The predicted octanol–water partition coefficient (Wildman–Crippen LogP) is 3.85.